The van der Waals surface area contributed by atoms with E-state index in [1.54, 1.807) is 5.56 Å². The van der Waals surface area contributed by atoms with E-state index in [4.69, 9.17) is 0 Å². The van der Waals surface area contributed by atoms with Gasteiger partial charge in [0.05, 0.1) is 0 Å². The summed E-state index contributed by atoms with van der Waals surface area (Å²) in [5.41, 5.74) is 3.49. The molecule has 0 fully saturated rings. The van der Waals surface area contributed by atoms with Crippen molar-refractivity contribution in [1.82, 2.24) is 5.32 Å². The van der Waals surface area contributed by atoms with E-state index in [-0.39, 0.29) is 0 Å². The molecule has 1 aromatic rings. The van der Waals surface area contributed by atoms with E-state index < -0.39 is 0 Å². The fraction of sp³-hybridized carbons (Fsp3) is 0.625. The Morgan fingerprint density at radius 2 is 2.06 bits per heavy atom. The standard InChI is InChI=1S/C16H25N/c1-4-16(2,3)12-17-15-11-7-9-13-8-5-6-10-14(13)15/h5-6,8,10,15,17H,4,7,9,11-12H2,1-3H3. The van der Waals surface area contributed by atoms with Crippen LogP contribution in [0.15, 0.2) is 24.3 Å². The summed E-state index contributed by atoms with van der Waals surface area (Å²) in [7, 11) is 0. The number of benzene rings is 1. The second kappa shape index (κ2) is 5.22. The molecule has 0 aliphatic heterocycles. The molecule has 0 saturated heterocycles. The highest BCUT2D eigenvalue weighted by molar-refractivity contribution is 5.32. The molecule has 0 aromatic heterocycles. The van der Waals surface area contributed by atoms with Gasteiger partial charge in [0.2, 0.25) is 0 Å². The molecule has 0 spiro atoms. The molecule has 0 radical (unpaired) electrons. The third-order valence-electron chi connectivity index (χ3n) is 4.15. The molecule has 0 saturated carbocycles. The zero-order valence-electron chi connectivity index (χ0n) is 11.4. The fourth-order valence-corrected chi connectivity index (χ4v) is 2.49. The zero-order chi connectivity index (χ0) is 12.3. The highest BCUT2D eigenvalue weighted by Gasteiger charge is 2.22. The van der Waals surface area contributed by atoms with Crippen LogP contribution in [0.2, 0.25) is 0 Å². The van der Waals surface area contributed by atoms with Gasteiger partial charge in [0.15, 0.2) is 0 Å². The van der Waals surface area contributed by atoms with Crippen LogP contribution in [0.3, 0.4) is 0 Å². The average molecular weight is 231 g/mol. The monoisotopic (exact) mass is 231 g/mol. The second-order valence-corrected chi connectivity index (χ2v) is 6.04. The van der Waals surface area contributed by atoms with Crippen molar-refractivity contribution in [3.05, 3.63) is 35.4 Å². The summed E-state index contributed by atoms with van der Waals surface area (Å²) in [6, 6.07) is 9.49. The first-order chi connectivity index (χ1) is 8.12. The minimum Gasteiger partial charge on any atom is -0.309 e. The van der Waals surface area contributed by atoms with Gasteiger partial charge in [-0.3, -0.25) is 0 Å². The first-order valence-electron chi connectivity index (χ1n) is 6.93. The van der Waals surface area contributed by atoms with Crippen LogP contribution in [0, 0.1) is 5.41 Å². The predicted molar refractivity (Wildman–Crippen MR) is 74.2 cm³/mol. The minimum atomic E-state index is 0.409. The third-order valence-corrected chi connectivity index (χ3v) is 4.15. The molecule has 1 heteroatoms. The van der Waals surface area contributed by atoms with Crippen molar-refractivity contribution in [3.63, 3.8) is 0 Å². The van der Waals surface area contributed by atoms with Crippen molar-refractivity contribution in [1.29, 1.82) is 0 Å². The lowest BCUT2D eigenvalue weighted by Crippen LogP contribution is -2.33. The van der Waals surface area contributed by atoms with Gasteiger partial charge in [-0.15, -0.1) is 0 Å². The summed E-state index contributed by atoms with van der Waals surface area (Å²) in [5, 5.41) is 3.77. The molecule has 0 bridgehead atoms. The number of fused-ring (bicyclic) bond motifs is 1. The van der Waals surface area contributed by atoms with Crippen molar-refractivity contribution < 1.29 is 0 Å². The minimum absolute atomic E-state index is 0.409. The van der Waals surface area contributed by atoms with Crippen LogP contribution in [0.5, 0.6) is 0 Å². The molecular weight excluding hydrogens is 206 g/mol. The Labute approximate surface area is 106 Å². The van der Waals surface area contributed by atoms with Crippen molar-refractivity contribution in [3.8, 4) is 0 Å². The van der Waals surface area contributed by atoms with Crippen molar-refractivity contribution in [2.24, 2.45) is 5.41 Å². The van der Waals surface area contributed by atoms with Gasteiger partial charge in [0, 0.05) is 12.6 Å². The van der Waals surface area contributed by atoms with Crippen LogP contribution in [0.4, 0.5) is 0 Å². The molecule has 1 aliphatic carbocycles. The summed E-state index contributed by atoms with van der Waals surface area (Å²) < 4.78 is 0. The van der Waals surface area contributed by atoms with E-state index in [1.165, 1.54) is 31.2 Å². The van der Waals surface area contributed by atoms with Crippen molar-refractivity contribution in [2.45, 2.75) is 52.5 Å². The Hall–Kier alpha value is -0.820. The Balaban J connectivity index is 2.04. The molecule has 1 atom stereocenters. The second-order valence-electron chi connectivity index (χ2n) is 6.04. The maximum atomic E-state index is 3.77. The summed E-state index contributed by atoms with van der Waals surface area (Å²) in [5.74, 6) is 0. The fourth-order valence-electron chi connectivity index (χ4n) is 2.49. The highest BCUT2D eigenvalue weighted by Crippen LogP contribution is 2.30. The highest BCUT2D eigenvalue weighted by atomic mass is 14.9. The number of rotatable bonds is 4. The third kappa shape index (κ3) is 3.10. The van der Waals surface area contributed by atoms with Gasteiger partial charge < -0.3 is 5.32 Å². The van der Waals surface area contributed by atoms with Gasteiger partial charge in [0.1, 0.15) is 0 Å². The van der Waals surface area contributed by atoms with Crippen LogP contribution in [-0.2, 0) is 6.42 Å². The SMILES string of the molecule is CCC(C)(C)CNC1CCCc2ccccc21. The quantitative estimate of drug-likeness (QED) is 0.823. The Morgan fingerprint density at radius 1 is 1.29 bits per heavy atom. The average Bonchev–Trinajstić information content (AvgIpc) is 2.36. The van der Waals surface area contributed by atoms with Gasteiger partial charge in [-0.05, 0) is 42.2 Å². The molecule has 94 valence electrons. The number of hydrogen-bond acceptors (Lipinski definition) is 1. The van der Waals surface area contributed by atoms with Crippen LogP contribution >= 0.6 is 0 Å². The van der Waals surface area contributed by atoms with Gasteiger partial charge in [0.25, 0.3) is 0 Å². The summed E-state index contributed by atoms with van der Waals surface area (Å²) in [6.45, 7) is 8.07. The lowest BCUT2D eigenvalue weighted by atomic mass is 9.85. The van der Waals surface area contributed by atoms with E-state index in [9.17, 15) is 0 Å². The molecule has 1 unspecified atom stereocenters. The molecule has 17 heavy (non-hydrogen) atoms. The maximum Gasteiger partial charge on any atom is 0.0323 e. The molecule has 2 rings (SSSR count). The van der Waals surface area contributed by atoms with Crippen LogP contribution in [0.1, 0.15) is 57.2 Å². The number of nitrogens with one attached hydrogen (secondary N) is 1. The number of aryl methyl sites for hydroxylation is 1. The topological polar surface area (TPSA) is 12.0 Å². The molecule has 0 heterocycles. The van der Waals surface area contributed by atoms with E-state index in [2.05, 4.69) is 50.4 Å². The summed E-state index contributed by atoms with van der Waals surface area (Å²) in [6.07, 6.45) is 5.10. The van der Waals surface area contributed by atoms with E-state index in [1.807, 2.05) is 0 Å². The Bertz CT molecular complexity index is 368. The lowest BCUT2D eigenvalue weighted by molar-refractivity contribution is 0.299. The maximum absolute atomic E-state index is 3.77. The smallest absolute Gasteiger partial charge is 0.0323 e. The molecule has 0 amide bonds. The summed E-state index contributed by atoms with van der Waals surface area (Å²) in [4.78, 5) is 0. The normalized spacial score (nSPS) is 20.1. The van der Waals surface area contributed by atoms with Crippen LogP contribution in [0.25, 0.3) is 0 Å². The lowest BCUT2D eigenvalue weighted by Gasteiger charge is -2.31. The van der Waals surface area contributed by atoms with Gasteiger partial charge in [-0.1, -0.05) is 45.0 Å². The van der Waals surface area contributed by atoms with Crippen molar-refractivity contribution in [2.75, 3.05) is 6.54 Å². The Morgan fingerprint density at radius 3 is 2.82 bits per heavy atom. The Kier molecular flexibility index (Phi) is 3.88. The summed E-state index contributed by atoms with van der Waals surface area (Å²) >= 11 is 0. The molecule has 1 aliphatic rings. The van der Waals surface area contributed by atoms with E-state index >= 15 is 0 Å². The van der Waals surface area contributed by atoms with Crippen molar-refractivity contribution >= 4 is 0 Å². The zero-order valence-corrected chi connectivity index (χ0v) is 11.4. The van der Waals surface area contributed by atoms with E-state index in [0.717, 1.165) is 6.54 Å². The number of hydrogen-bond donors (Lipinski definition) is 1. The van der Waals surface area contributed by atoms with Gasteiger partial charge in [-0.25, -0.2) is 0 Å². The van der Waals surface area contributed by atoms with Crippen LogP contribution in [-0.4, -0.2) is 6.54 Å². The van der Waals surface area contributed by atoms with E-state index in [0.29, 0.717) is 11.5 Å². The first-order valence-corrected chi connectivity index (χ1v) is 6.93. The largest absolute Gasteiger partial charge is 0.309 e. The predicted octanol–water partition coefficient (Wildman–Crippen LogP) is 4.09. The molecule has 1 aromatic carbocycles. The van der Waals surface area contributed by atoms with Crippen LogP contribution < -0.4 is 5.32 Å². The van der Waals surface area contributed by atoms with Gasteiger partial charge in [-0.2, -0.15) is 0 Å². The molecular formula is C16H25N. The first kappa shape index (κ1) is 12.6. The molecule has 1 nitrogen and oxygen atoms in total. The van der Waals surface area contributed by atoms with Gasteiger partial charge >= 0.3 is 0 Å². The molecule has 1 N–H and O–H groups in total.